The number of halogens is 2. The first-order chi connectivity index (χ1) is 13.4. The van der Waals surface area contributed by atoms with Crippen molar-refractivity contribution in [2.45, 2.75) is 6.42 Å². The maximum atomic E-state index is 12.4. The molecule has 5 nitrogen and oxygen atoms in total. The van der Waals surface area contributed by atoms with Gasteiger partial charge in [0.15, 0.2) is 0 Å². The Hall–Kier alpha value is -2.54. The van der Waals surface area contributed by atoms with Crippen LogP contribution in [-0.4, -0.2) is 24.1 Å². The summed E-state index contributed by atoms with van der Waals surface area (Å²) < 4.78 is 5.09. The third-order valence-electron chi connectivity index (χ3n) is 4.01. The molecular formula is C20H15Cl2NO4S. The van der Waals surface area contributed by atoms with Crippen LogP contribution in [0.5, 0.6) is 5.75 Å². The minimum atomic E-state index is -1.14. The Kier molecular flexibility index (Phi) is 6.24. The molecule has 1 heterocycles. The molecule has 0 saturated heterocycles. The van der Waals surface area contributed by atoms with Crippen molar-refractivity contribution in [1.82, 2.24) is 0 Å². The second-order valence-corrected chi connectivity index (χ2v) is 7.55. The molecule has 1 aromatic heterocycles. The molecule has 0 fully saturated rings. The maximum Gasteiger partial charge on any atom is 0.339 e. The molecule has 0 unspecified atom stereocenters. The summed E-state index contributed by atoms with van der Waals surface area (Å²) in [7, 11) is 1.57. The zero-order valence-corrected chi connectivity index (χ0v) is 17.0. The van der Waals surface area contributed by atoms with Gasteiger partial charge >= 0.3 is 5.97 Å². The van der Waals surface area contributed by atoms with E-state index in [4.69, 9.17) is 27.9 Å². The molecular weight excluding hydrogens is 421 g/mol. The molecule has 144 valence electrons. The smallest absolute Gasteiger partial charge is 0.339 e. The molecule has 3 rings (SSSR count). The average Bonchev–Trinajstić information content (AvgIpc) is 3.08. The van der Waals surface area contributed by atoms with Crippen molar-refractivity contribution in [1.29, 1.82) is 0 Å². The normalized spacial score (nSPS) is 10.5. The van der Waals surface area contributed by atoms with Gasteiger partial charge in [0, 0.05) is 10.9 Å². The van der Waals surface area contributed by atoms with Gasteiger partial charge < -0.3 is 15.2 Å². The van der Waals surface area contributed by atoms with Crippen LogP contribution >= 0.6 is 34.5 Å². The molecule has 8 heteroatoms. The van der Waals surface area contributed by atoms with Gasteiger partial charge in [0.25, 0.3) is 0 Å². The van der Waals surface area contributed by atoms with Gasteiger partial charge in [0.05, 0.1) is 23.6 Å². The SMILES string of the molecule is COc1ccc(CC(=O)Nc2scc(-c3ccc(Cl)c(Cl)c3)c2C(=O)O)cc1. The number of benzene rings is 2. The highest BCUT2D eigenvalue weighted by Crippen LogP contribution is 2.37. The number of carbonyl (C=O) groups is 2. The summed E-state index contributed by atoms with van der Waals surface area (Å²) in [5, 5.41) is 15.0. The largest absolute Gasteiger partial charge is 0.497 e. The fourth-order valence-corrected chi connectivity index (χ4v) is 3.91. The molecule has 0 aliphatic carbocycles. The van der Waals surface area contributed by atoms with Crippen molar-refractivity contribution in [3.05, 3.63) is 69.0 Å². The molecule has 2 N–H and O–H groups in total. The molecule has 0 aliphatic rings. The summed E-state index contributed by atoms with van der Waals surface area (Å²) in [6, 6.07) is 12.0. The van der Waals surface area contributed by atoms with Crippen LogP contribution in [-0.2, 0) is 11.2 Å². The van der Waals surface area contributed by atoms with E-state index in [0.29, 0.717) is 26.9 Å². The van der Waals surface area contributed by atoms with E-state index in [1.165, 1.54) is 0 Å². The lowest BCUT2D eigenvalue weighted by atomic mass is 10.0. The Balaban J connectivity index is 1.83. The molecule has 0 bridgehead atoms. The van der Waals surface area contributed by atoms with E-state index in [-0.39, 0.29) is 22.9 Å². The standard InChI is InChI=1S/C20H15Cl2NO4S/c1-27-13-5-2-11(3-6-13)8-17(24)23-19-18(20(25)26)14(10-28-19)12-4-7-15(21)16(22)9-12/h2-7,9-10H,8H2,1H3,(H,23,24)(H,25,26). The van der Waals surface area contributed by atoms with Gasteiger partial charge in [-0.2, -0.15) is 0 Å². The van der Waals surface area contributed by atoms with Crippen molar-refractivity contribution in [2.24, 2.45) is 0 Å². The van der Waals surface area contributed by atoms with Crippen LogP contribution in [0.15, 0.2) is 47.8 Å². The van der Waals surface area contributed by atoms with Crippen LogP contribution < -0.4 is 10.1 Å². The van der Waals surface area contributed by atoms with E-state index in [2.05, 4.69) is 5.32 Å². The Bertz CT molecular complexity index is 1030. The van der Waals surface area contributed by atoms with Gasteiger partial charge in [0.1, 0.15) is 16.3 Å². The van der Waals surface area contributed by atoms with Gasteiger partial charge in [-0.3, -0.25) is 4.79 Å². The number of aromatic carboxylic acids is 1. The summed E-state index contributed by atoms with van der Waals surface area (Å²) >= 11 is 13.1. The lowest BCUT2D eigenvalue weighted by Gasteiger charge is -2.07. The van der Waals surface area contributed by atoms with Crippen LogP contribution in [0.25, 0.3) is 11.1 Å². The molecule has 1 amide bonds. The Morgan fingerprint density at radius 1 is 1.11 bits per heavy atom. The van der Waals surface area contributed by atoms with Crippen molar-refractivity contribution < 1.29 is 19.4 Å². The van der Waals surface area contributed by atoms with Gasteiger partial charge in [-0.1, -0.05) is 41.4 Å². The van der Waals surface area contributed by atoms with Crippen molar-refractivity contribution >= 4 is 51.4 Å². The van der Waals surface area contributed by atoms with E-state index in [1.54, 1.807) is 55.0 Å². The summed E-state index contributed by atoms with van der Waals surface area (Å²) in [6.45, 7) is 0. The fraction of sp³-hybridized carbons (Fsp3) is 0.100. The fourth-order valence-electron chi connectivity index (χ4n) is 2.64. The molecule has 3 aromatic rings. The lowest BCUT2D eigenvalue weighted by Crippen LogP contribution is -2.15. The predicted molar refractivity (Wildman–Crippen MR) is 112 cm³/mol. The zero-order valence-electron chi connectivity index (χ0n) is 14.7. The van der Waals surface area contributed by atoms with Crippen LogP contribution in [0.1, 0.15) is 15.9 Å². The van der Waals surface area contributed by atoms with Crippen molar-refractivity contribution in [2.75, 3.05) is 12.4 Å². The number of hydrogen-bond acceptors (Lipinski definition) is 4. The first kappa shape index (κ1) is 20.2. The number of hydrogen-bond donors (Lipinski definition) is 2. The second kappa shape index (κ2) is 8.65. The average molecular weight is 436 g/mol. The monoisotopic (exact) mass is 435 g/mol. The first-order valence-electron chi connectivity index (χ1n) is 8.12. The summed E-state index contributed by atoms with van der Waals surface area (Å²) in [6.07, 6.45) is 0.114. The van der Waals surface area contributed by atoms with Gasteiger partial charge in [-0.05, 0) is 35.4 Å². The molecule has 0 aliphatic heterocycles. The number of methoxy groups -OCH3 is 1. The Morgan fingerprint density at radius 3 is 2.43 bits per heavy atom. The van der Waals surface area contributed by atoms with Crippen LogP contribution in [0.3, 0.4) is 0 Å². The molecule has 28 heavy (non-hydrogen) atoms. The van der Waals surface area contributed by atoms with Crippen LogP contribution in [0.4, 0.5) is 5.00 Å². The van der Waals surface area contributed by atoms with E-state index < -0.39 is 5.97 Å². The van der Waals surface area contributed by atoms with Crippen molar-refractivity contribution in [3.63, 3.8) is 0 Å². The van der Waals surface area contributed by atoms with E-state index >= 15 is 0 Å². The van der Waals surface area contributed by atoms with Crippen LogP contribution in [0.2, 0.25) is 10.0 Å². The lowest BCUT2D eigenvalue weighted by molar-refractivity contribution is -0.115. The summed E-state index contributed by atoms with van der Waals surface area (Å²) in [5.74, 6) is -0.751. The number of ether oxygens (including phenoxy) is 1. The number of carboxylic acids is 1. The number of nitrogens with one attached hydrogen (secondary N) is 1. The van der Waals surface area contributed by atoms with Gasteiger partial charge in [-0.25, -0.2) is 4.79 Å². The highest BCUT2D eigenvalue weighted by atomic mass is 35.5. The molecule has 0 atom stereocenters. The number of thiophene rings is 1. The zero-order chi connectivity index (χ0) is 20.3. The van der Waals surface area contributed by atoms with Crippen LogP contribution in [0, 0.1) is 0 Å². The van der Waals surface area contributed by atoms with Crippen molar-refractivity contribution in [3.8, 4) is 16.9 Å². The topological polar surface area (TPSA) is 75.6 Å². The minimum Gasteiger partial charge on any atom is -0.497 e. The predicted octanol–water partition coefficient (Wildman–Crippen LogP) is 5.61. The first-order valence-corrected chi connectivity index (χ1v) is 9.75. The van der Waals surface area contributed by atoms with Gasteiger partial charge in [-0.15, -0.1) is 11.3 Å². The number of amides is 1. The number of carboxylic acid groups (broad SMARTS) is 1. The number of carbonyl (C=O) groups excluding carboxylic acids is 1. The third kappa shape index (κ3) is 4.47. The third-order valence-corrected chi connectivity index (χ3v) is 5.65. The van der Waals surface area contributed by atoms with E-state index in [0.717, 1.165) is 16.9 Å². The molecule has 0 radical (unpaired) electrons. The summed E-state index contributed by atoms with van der Waals surface area (Å²) in [4.78, 5) is 24.2. The second-order valence-electron chi connectivity index (χ2n) is 5.86. The molecule has 0 saturated carbocycles. The number of anilines is 1. The molecule has 2 aromatic carbocycles. The van der Waals surface area contributed by atoms with E-state index in [9.17, 15) is 14.7 Å². The molecule has 0 spiro atoms. The number of rotatable bonds is 6. The highest BCUT2D eigenvalue weighted by Gasteiger charge is 2.21. The Morgan fingerprint density at radius 2 is 1.82 bits per heavy atom. The minimum absolute atomic E-state index is 0.0199. The Labute approximate surface area is 175 Å². The van der Waals surface area contributed by atoms with Gasteiger partial charge in [0.2, 0.25) is 5.91 Å². The highest BCUT2D eigenvalue weighted by molar-refractivity contribution is 7.15. The summed E-state index contributed by atoms with van der Waals surface area (Å²) in [5.41, 5.74) is 1.89. The quantitative estimate of drug-likeness (QED) is 0.527. The van der Waals surface area contributed by atoms with E-state index in [1.807, 2.05) is 0 Å². The maximum absolute atomic E-state index is 12.4.